The average molecular weight is 233 g/mol. The summed E-state index contributed by atoms with van der Waals surface area (Å²) in [6.45, 7) is 0. The number of non-ortho nitro benzene ring substituents is 1. The monoisotopic (exact) mass is 233 g/mol. The molecule has 17 heavy (non-hydrogen) atoms. The van der Waals surface area contributed by atoms with Crippen molar-refractivity contribution in [1.29, 1.82) is 0 Å². The number of hydrogen-bond acceptors (Lipinski definition) is 3. The highest BCUT2D eigenvalue weighted by Crippen LogP contribution is 2.48. The van der Waals surface area contributed by atoms with E-state index in [4.69, 9.17) is 4.74 Å². The number of nitrogens with zero attached hydrogens (tertiary/aromatic N) is 1. The van der Waals surface area contributed by atoms with Crippen LogP contribution in [0.1, 0.15) is 37.7 Å². The Morgan fingerprint density at radius 1 is 1.24 bits per heavy atom. The molecular formula is C13H15NO3. The van der Waals surface area contributed by atoms with Crippen molar-refractivity contribution in [3.8, 4) is 0 Å². The Kier molecular flexibility index (Phi) is 2.40. The van der Waals surface area contributed by atoms with Crippen LogP contribution < -0.4 is 0 Å². The van der Waals surface area contributed by atoms with Crippen molar-refractivity contribution in [3.05, 3.63) is 39.9 Å². The van der Waals surface area contributed by atoms with Gasteiger partial charge < -0.3 is 4.74 Å². The van der Waals surface area contributed by atoms with Gasteiger partial charge in [-0.1, -0.05) is 0 Å². The molecule has 1 aromatic carbocycles. The molecule has 0 N–H and O–H groups in total. The molecule has 3 rings (SSSR count). The third-order valence-electron chi connectivity index (χ3n) is 3.97. The Hall–Kier alpha value is -1.42. The number of fused-ring (bicyclic) bond motifs is 2. The zero-order chi connectivity index (χ0) is 11.9. The number of benzene rings is 1. The summed E-state index contributed by atoms with van der Waals surface area (Å²) < 4.78 is 6.10. The second-order valence-corrected chi connectivity index (χ2v) is 4.97. The van der Waals surface area contributed by atoms with Gasteiger partial charge in [0.2, 0.25) is 0 Å². The van der Waals surface area contributed by atoms with Gasteiger partial charge >= 0.3 is 0 Å². The Morgan fingerprint density at radius 3 is 2.71 bits per heavy atom. The van der Waals surface area contributed by atoms with Crippen molar-refractivity contribution < 1.29 is 9.66 Å². The smallest absolute Gasteiger partial charge is 0.269 e. The SMILES string of the molecule is O=[N+]([O-])c1ccc(C23CCCC(CC2)O3)cc1. The van der Waals surface area contributed by atoms with Crippen molar-refractivity contribution in [2.75, 3.05) is 0 Å². The van der Waals surface area contributed by atoms with Crippen LogP contribution in [-0.2, 0) is 10.3 Å². The molecule has 0 amide bonds. The van der Waals surface area contributed by atoms with Crippen LogP contribution in [0.2, 0.25) is 0 Å². The maximum atomic E-state index is 10.6. The molecule has 2 fully saturated rings. The quantitative estimate of drug-likeness (QED) is 0.582. The number of ether oxygens (including phenoxy) is 1. The van der Waals surface area contributed by atoms with Gasteiger partial charge in [0, 0.05) is 12.1 Å². The fraction of sp³-hybridized carbons (Fsp3) is 0.538. The normalized spacial score (nSPS) is 31.4. The lowest BCUT2D eigenvalue weighted by Crippen LogP contribution is -2.30. The van der Waals surface area contributed by atoms with Gasteiger partial charge in [-0.3, -0.25) is 10.1 Å². The molecule has 2 saturated heterocycles. The first kappa shape index (κ1) is 10.7. The van der Waals surface area contributed by atoms with E-state index >= 15 is 0 Å². The minimum Gasteiger partial charge on any atom is -0.367 e. The molecular weight excluding hydrogens is 218 g/mol. The van der Waals surface area contributed by atoms with Crippen LogP contribution in [0.4, 0.5) is 5.69 Å². The highest BCUT2D eigenvalue weighted by molar-refractivity contribution is 5.36. The third kappa shape index (κ3) is 1.72. The number of nitro benzene ring substituents is 1. The van der Waals surface area contributed by atoms with Gasteiger partial charge in [-0.05, 0) is 49.8 Å². The first-order valence-electron chi connectivity index (χ1n) is 6.12. The molecule has 4 nitrogen and oxygen atoms in total. The average Bonchev–Trinajstić information content (AvgIpc) is 2.66. The molecule has 0 radical (unpaired) electrons. The number of hydrogen-bond donors (Lipinski definition) is 0. The Bertz CT molecular complexity index is 438. The Labute approximate surface area is 99.7 Å². The highest BCUT2D eigenvalue weighted by atomic mass is 16.6. The van der Waals surface area contributed by atoms with Gasteiger partial charge in [0.15, 0.2) is 0 Å². The number of rotatable bonds is 2. The van der Waals surface area contributed by atoms with Crippen LogP contribution in [-0.4, -0.2) is 11.0 Å². The predicted molar refractivity (Wildman–Crippen MR) is 62.7 cm³/mol. The van der Waals surface area contributed by atoms with Gasteiger partial charge in [0.05, 0.1) is 16.6 Å². The van der Waals surface area contributed by atoms with E-state index in [0.29, 0.717) is 6.10 Å². The molecule has 2 bridgehead atoms. The molecule has 2 atom stereocenters. The molecule has 2 aliphatic rings. The standard InChI is InChI=1S/C13H15NO3/c15-14(16)11-5-3-10(4-6-11)13-8-1-2-12(17-13)7-9-13/h3-6,12H,1-2,7-9H2. The van der Waals surface area contributed by atoms with Crippen LogP contribution in [0, 0.1) is 10.1 Å². The Balaban J connectivity index is 1.91. The molecule has 2 heterocycles. The zero-order valence-electron chi connectivity index (χ0n) is 9.59. The summed E-state index contributed by atoms with van der Waals surface area (Å²) in [6, 6.07) is 6.86. The minimum atomic E-state index is -0.360. The second kappa shape index (κ2) is 3.81. The number of nitro groups is 1. The first-order chi connectivity index (χ1) is 8.20. The highest BCUT2D eigenvalue weighted by Gasteiger charge is 2.44. The maximum Gasteiger partial charge on any atom is 0.269 e. The molecule has 0 saturated carbocycles. The third-order valence-corrected chi connectivity index (χ3v) is 3.97. The topological polar surface area (TPSA) is 52.4 Å². The van der Waals surface area contributed by atoms with Crippen LogP contribution in [0.5, 0.6) is 0 Å². The van der Waals surface area contributed by atoms with Crippen molar-refractivity contribution in [3.63, 3.8) is 0 Å². The van der Waals surface area contributed by atoms with E-state index in [1.807, 2.05) is 12.1 Å². The Morgan fingerprint density at radius 2 is 2.00 bits per heavy atom. The fourth-order valence-electron chi connectivity index (χ4n) is 3.08. The first-order valence-corrected chi connectivity index (χ1v) is 6.12. The lowest BCUT2D eigenvalue weighted by atomic mass is 9.87. The van der Waals surface area contributed by atoms with Crippen LogP contribution in [0.15, 0.2) is 24.3 Å². The molecule has 0 spiro atoms. The lowest BCUT2D eigenvalue weighted by molar-refractivity contribution is -0.384. The summed E-state index contributed by atoms with van der Waals surface area (Å²) in [6.07, 6.45) is 5.98. The molecule has 1 aromatic rings. The van der Waals surface area contributed by atoms with E-state index < -0.39 is 0 Å². The molecule has 0 aromatic heterocycles. The van der Waals surface area contributed by atoms with Crippen LogP contribution >= 0.6 is 0 Å². The lowest BCUT2D eigenvalue weighted by Gasteiger charge is -2.34. The summed E-state index contributed by atoms with van der Waals surface area (Å²) in [4.78, 5) is 10.3. The van der Waals surface area contributed by atoms with Crippen LogP contribution in [0.3, 0.4) is 0 Å². The van der Waals surface area contributed by atoms with E-state index in [0.717, 1.165) is 31.2 Å². The molecule has 0 aliphatic carbocycles. The van der Waals surface area contributed by atoms with E-state index in [2.05, 4.69) is 0 Å². The van der Waals surface area contributed by atoms with Crippen LogP contribution in [0.25, 0.3) is 0 Å². The second-order valence-electron chi connectivity index (χ2n) is 4.97. The molecule has 90 valence electrons. The summed E-state index contributed by atoms with van der Waals surface area (Å²) in [7, 11) is 0. The summed E-state index contributed by atoms with van der Waals surface area (Å²) in [5.41, 5.74) is 1.10. The molecule has 2 aliphatic heterocycles. The van der Waals surface area contributed by atoms with Crippen molar-refractivity contribution >= 4 is 5.69 Å². The van der Waals surface area contributed by atoms with E-state index in [-0.39, 0.29) is 16.2 Å². The van der Waals surface area contributed by atoms with E-state index in [9.17, 15) is 10.1 Å². The summed E-state index contributed by atoms with van der Waals surface area (Å²) >= 11 is 0. The van der Waals surface area contributed by atoms with Gasteiger partial charge in [-0.15, -0.1) is 0 Å². The van der Waals surface area contributed by atoms with Gasteiger partial charge in [-0.25, -0.2) is 0 Å². The minimum absolute atomic E-state index is 0.149. The predicted octanol–water partition coefficient (Wildman–Crippen LogP) is 3.15. The molecule has 2 unspecified atom stereocenters. The van der Waals surface area contributed by atoms with E-state index in [1.54, 1.807) is 12.1 Å². The van der Waals surface area contributed by atoms with E-state index in [1.165, 1.54) is 6.42 Å². The summed E-state index contributed by atoms with van der Waals surface area (Å²) in [5, 5.41) is 10.6. The molecule has 4 heteroatoms. The van der Waals surface area contributed by atoms with Crippen molar-refractivity contribution in [1.82, 2.24) is 0 Å². The van der Waals surface area contributed by atoms with Crippen molar-refractivity contribution in [2.24, 2.45) is 0 Å². The zero-order valence-corrected chi connectivity index (χ0v) is 9.59. The van der Waals surface area contributed by atoms with Gasteiger partial charge in [0.1, 0.15) is 0 Å². The van der Waals surface area contributed by atoms with Gasteiger partial charge in [0.25, 0.3) is 5.69 Å². The van der Waals surface area contributed by atoms with Crippen molar-refractivity contribution in [2.45, 2.75) is 43.8 Å². The largest absolute Gasteiger partial charge is 0.367 e. The van der Waals surface area contributed by atoms with Gasteiger partial charge in [-0.2, -0.15) is 0 Å². The fourth-order valence-corrected chi connectivity index (χ4v) is 3.08. The summed E-state index contributed by atoms with van der Waals surface area (Å²) in [5.74, 6) is 0. The maximum absolute atomic E-state index is 10.6.